The van der Waals surface area contributed by atoms with Crippen LogP contribution in [0.15, 0.2) is 71.9 Å². The van der Waals surface area contributed by atoms with Gasteiger partial charge in [-0.3, -0.25) is 9.78 Å². The molecule has 1 amide bonds. The van der Waals surface area contributed by atoms with Gasteiger partial charge in [0.05, 0.1) is 4.90 Å². The molecular formula is C28H23F8N3O3S. The molecule has 5 rings (SSSR count). The monoisotopic (exact) mass is 633 g/mol. The second kappa shape index (κ2) is 10.5. The zero-order chi connectivity index (χ0) is 31.4. The van der Waals surface area contributed by atoms with Gasteiger partial charge in [0, 0.05) is 48.6 Å². The Balaban J connectivity index is 1.62. The number of pyridine rings is 1. The number of benzene rings is 2. The van der Waals surface area contributed by atoms with Gasteiger partial charge >= 0.3 is 18.0 Å². The maximum Gasteiger partial charge on any atom is 0.435 e. The topological polar surface area (TPSA) is 88.2 Å². The molecule has 3 atom stereocenters. The number of amides is 1. The number of fused-ring (bicyclic) bond motifs is 3. The first-order valence-corrected chi connectivity index (χ1v) is 14.4. The largest absolute Gasteiger partial charge is 0.435 e. The van der Waals surface area contributed by atoms with E-state index >= 15 is 0 Å². The number of nitrogens with one attached hydrogen (secondary N) is 2. The van der Waals surface area contributed by atoms with Crippen molar-refractivity contribution in [3.63, 3.8) is 0 Å². The molecule has 1 aliphatic heterocycles. The highest BCUT2D eigenvalue weighted by Gasteiger charge is 2.74. The Morgan fingerprint density at radius 2 is 1.58 bits per heavy atom. The second-order valence-corrected chi connectivity index (χ2v) is 12.7. The second-order valence-electron chi connectivity index (χ2n) is 10.5. The van der Waals surface area contributed by atoms with E-state index in [2.05, 4.69) is 15.6 Å². The van der Waals surface area contributed by atoms with Gasteiger partial charge in [-0.25, -0.2) is 17.2 Å². The van der Waals surface area contributed by atoms with E-state index in [-0.39, 0.29) is 42.5 Å². The molecule has 2 heterocycles. The Morgan fingerprint density at radius 3 is 2.19 bits per heavy atom. The summed E-state index contributed by atoms with van der Waals surface area (Å²) in [6.07, 6.45) is -9.97. The van der Waals surface area contributed by atoms with Crippen LogP contribution in [0.2, 0.25) is 0 Å². The van der Waals surface area contributed by atoms with Gasteiger partial charge in [-0.1, -0.05) is 12.1 Å². The van der Waals surface area contributed by atoms with Crippen molar-refractivity contribution in [3.05, 3.63) is 89.5 Å². The van der Waals surface area contributed by atoms with Crippen molar-refractivity contribution >= 4 is 21.4 Å². The van der Waals surface area contributed by atoms with E-state index in [1.54, 1.807) is 12.1 Å². The van der Waals surface area contributed by atoms with Gasteiger partial charge in [0.2, 0.25) is 5.91 Å². The van der Waals surface area contributed by atoms with Crippen LogP contribution in [0, 0.1) is 17.7 Å². The molecule has 1 aromatic heterocycles. The van der Waals surface area contributed by atoms with Crippen LogP contribution in [0.25, 0.3) is 0 Å². The minimum atomic E-state index is -6.38. The van der Waals surface area contributed by atoms with Crippen LogP contribution >= 0.6 is 0 Å². The van der Waals surface area contributed by atoms with Crippen molar-refractivity contribution in [3.8, 4) is 0 Å². The molecule has 2 aliphatic rings. The molecule has 43 heavy (non-hydrogen) atoms. The van der Waals surface area contributed by atoms with Gasteiger partial charge in [0.1, 0.15) is 10.6 Å². The third-order valence-electron chi connectivity index (χ3n) is 8.23. The van der Waals surface area contributed by atoms with Crippen molar-refractivity contribution in [1.29, 1.82) is 0 Å². The number of anilines is 1. The van der Waals surface area contributed by atoms with Crippen molar-refractivity contribution in [2.24, 2.45) is 11.8 Å². The maximum absolute atomic E-state index is 14.9. The van der Waals surface area contributed by atoms with E-state index in [1.165, 1.54) is 12.4 Å². The smallest absolute Gasteiger partial charge is 0.384 e. The Morgan fingerprint density at radius 1 is 0.953 bits per heavy atom. The fourth-order valence-electron chi connectivity index (χ4n) is 6.14. The molecule has 15 heteroatoms. The summed E-state index contributed by atoms with van der Waals surface area (Å²) in [5.74, 6) is -3.25. The van der Waals surface area contributed by atoms with E-state index < -0.39 is 67.4 Å². The van der Waals surface area contributed by atoms with E-state index in [0.717, 1.165) is 30.3 Å². The number of rotatable bonds is 6. The quantitative estimate of drug-likeness (QED) is 0.259. The third-order valence-corrected chi connectivity index (χ3v) is 10.8. The Hall–Kier alpha value is -3.75. The summed E-state index contributed by atoms with van der Waals surface area (Å²) in [6, 6.07) is 8.37. The van der Waals surface area contributed by atoms with E-state index in [1.807, 2.05) is 0 Å². The molecule has 3 aromatic rings. The number of aromatic nitrogens is 1. The summed E-state index contributed by atoms with van der Waals surface area (Å²) in [7, 11) is -4.56. The van der Waals surface area contributed by atoms with Crippen LogP contribution in [-0.2, 0) is 31.6 Å². The fraction of sp³-hybridized carbons (Fsp3) is 0.357. The minimum Gasteiger partial charge on any atom is -0.384 e. The number of halogens is 8. The highest BCUT2D eigenvalue weighted by Crippen LogP contribution is 2.60. The molecular weight excluding hydrogens is 610 g/mol. The van der Waals surface area contributed by atoms with Gasteiger partial charge in [0.15, 0.2) is 9.84 Å². The summed E-state index contributed by atoms with van der Waals surface area (Å²) in [6.45, 7) is -0.259. The Kier molecular flexibility index (Phi) is 7.46. The van der Waals surface area contributed by atoms with Gasteiger partial charge in [0.25, 0.3) is 0 Å². The summed E-state index contributed by atoms with van der Waals surface area (Å²) >= 11 is 0. The number of nitrogens with zero attached hydrogens (tertiary/aromatic N) is 1. The van der Waals surface area contributed by atoms with Crippen molar-refractivity contribution < 1.29 is 48.3 Å². The maximum atomic E-state index is 14.9. The first-order valence-electron chi connectivity index (χ1n) is 12.9. The highest BCUT2D eigenvalue weighted by atomic mass is 32.2. The van der Waals surface area contributed by atoms with Crippen molar-refractivity contribution in [1.82, 2.24) is 10.3 Å². The molecule has 1 aliphatic carbocycles. The molecule has 0 bridgehead atoms. The normalized spacial score (nSPS) is 22.3. The lowest BCUT2D eigenvalue weighted by molar-refractivity contribution is -0.348. The predicted molar refractivity (Wildman–Crippen MR) is 137 cm³/mol. The standard InChI is InChI=1S/C28H23F8N3O3S/c29-18-2-4-19(5-3-18)43(41,42)25-10-7-20(24(40)39-14-16-8-11-37-12-9-16)22(25)15-38-23-13-17(1-6-21(23)25)26(30,27(31,32)33)28(34,35)36/h1-6,8-9,11-13,20,22,38H,7,10,14-15H2,(H,39,40)/t20-,22+,25-/m1/s1. The van der Waals surface area contributed by atoms with Crippen LogP contribution in [-0.4, -0.2) is 38.2 Å². The Labute approximate surface area is 240 Å². The summed E-state index contributed by atoms with van der Waals surface area (Å²) < 4.78 is 136. The first-order chi connectivity index (χ1) is 20.0. The average molecular weight is 634 g/mol. The van der Waals surface area contributed by atoms with Gasteiger partial charge in [-0.05, 0) is 66.4 Å². The molecule has 2 N–H and O–H groups in total. The highest BCUT2D eigenvalue weighted by molar-refractivity contribution is 7.92. The van der Waals surface area contributed by atoms with E-state index in [4.69, 9.17) is 0 Å². The molecule has 0 saturated heterocycles. The average Bonchev–Trinajstić information content (AvgIpc) is 3.37. The zero-order valence-electron chi connectivity index (χ0n) is 21.9. The first kappa shape index (κ1) is 30.7. The number of sulfone groups is 1. The number of carbonyl (C=O) groups excluding carboxylic acids is 1. The SMILES string of the molecule is O=C(NCc1ccncc1)[C@@H]1CC[C@@]2(S(=O)(=O)c3ccc(F)cc3)c3ccc(C(F)(C(F)(F)F)C(F)(F)F)cc3NC[C@@H]12. The van der Waals surface area contributed by atoms with Crippen LogP contribution < -0.4 is 10.6 Å². The van der Waals surface area contributed by atoms with Gasteiger partial charge < -0.3 is 10.6 Å². The number of alkyl halides is 7. The van der Waals surface area contributed by atoms with E-state index in [0.29, 0.717) is 11.6 Å². The lowest BCUT2D eigenvalue weighted by atomic mass is 9.78. The van der Waals surface area contributed by atoms with Gasteiger partial charge in [-0.2, -0.15) is 26.3 Å². The summed E-state index contributed by atoms with van der Waals surface area (Å²) in [5.41, 5.74) is -7.48. The summed E-state index contributed by atoms with van der Waals surface area (Å²) in [5, 5.41) is 5.39. The van der Waals surface area contributed by atoms with Gasteiger partial charge in [-0.15, -0.1) is 0 Å². The van der Waals surface area contributed by atoms with Crippen LogP contribution in [0.4, 0.5) is 40.8 Å². The molecule has 0 unspecified atom stereocenters. The summed E-state index contributed by atoms with van der Waals surface area (Å²) in [4.78, 5) is 16.9. The van der Waals surface area contributed by atoms with Crippen molar-refractivity contribution in [2.45, 2.75) is 47.1 Å². The van der Waals surface area contributed by atoms with Crippen LogP contribution in [0.3, 0.4) is 0 Å². The molecule has 6 nitrogen and oxygen atoms in total. The zero-order valence-corrected chi connectivity index (χ0v) is 22.8. The van der Waals surface area contributed by atoms with Crippen LogP contribution in [0.5, 0.6) is 0 Å². The predicted octanol–water partition coefficient (Wildman–Crippen LogP) is 5.95. The molecule has 2 aromatic carbocycles. The molecule has 1 fully saturated rings. The fourth-order valence-corrected chi connectivity index (χ4v) is 8.56. The number of carbonyl (C=O) groups is 1. The molecule has 1 saturated carbocycles. The lowest BCUT2D eigenvalue weighted by Gasteiger charge is -2.43. The minimum absolute atomic E-state index is 0.00566. The Bertz CT molecular complexity index is 1620. The van der Waals surface area contributed by atoms with Crippen LogP contribution in [0.1, 0.15) is 29.5 Å². The van der Waals surface area contributed by atoms with Crippen molar-refractivity contribution in [2.75, 3.05) is 11.9 Å². The molecule has 0 spiro atoms. The number of hydrogen-bond donors (Lipinski definition) is 2. The lowest BCUT2D eigenvalue weighted by Crippen LogP contribution is -2.51. The molecule has 0 radical (unpaired) electrons. The number of hydrogen-bond acceptors (Lipinski definition) is 5. The third kappa shape index (κ3) is 4.81. The molecule has 230 valence electrons. The van der Waals surface area contributed by atoms with E-state index in [9.17, 15) is 48.3 Å².